The van der Waals surface area contributed by atoms with Gasteiger partial charge in [0.05, 0.1) is 17.7 Å². The van der Waals surface area contributed by atoms with Gasteiger partial charge in [0.1, 0.15) is 0 Å². The molecular formula is C16H18N4O3S. The first-order valence-corrected chi connectivity index (χ1v) is 8.58. The molecule has 1 N–H and O–H groups in total. The highest BCUT2D eigenvalue weighted by Crippen LogP contribution is 2.14. The lowest BCUT2D eigenvalue weighted by atomic mass is 10.2. The van der Waals surface area contributed by atoms with Crippen LogP contribution < -0.4 is 5.43 Å². The van der Waals surface area contributed by atoms with Crippen molar-refractivity contribution in [3.63, 3.8) is 0 Å². The summed E-state index contributed by atoms with van der Waals surface area (Å²) in [5.74, 6) is -0.529. The Bertz CT molecular complexity index is 818. The average Bonchev–Trinajstić information content (AvgIpc) is 2.56. The predicted molar refractivity (Wildman–Crippen MR) is 91.0 cm³/mol. The van der Waals surface area contributed by atoms with Crippen molar-refractivity contribution in [2.24, 2.45) is 5.10 Å². The summed E-state index contributed by atoms with van der Waals surface area (Å²) in [6, 6.07) is 9.90. The van der Waals surface area contributed by atoms with Crippen molar-refractivity contribution in [1.29, 1.82) is 0 Å². The monoisotopic (exact) mass is 346 g/mol. The molecule has 8 heteroatoms. The zero-order chi connectivity index (χ0) is 17.6. The van der Waals surface area contributed by atoms with Crippen LogP contribution in [0.4, 0.5) is 0 Å². The number of likely N-dealkylation sites (N-methyl/N-ethyl adjacent to an activating group) is 1. The van der Waals surface area contributed by atoms with Crippen LogP contribution in [0.3, 0.4) is 0 Å². The number of rotatable bonds is 6. The van der Waals surface area contributed by atoms with Crippen LogP contribution in [0.15, 0.2) is 58.8 Å². The average molecular weight is 346 g/mol. The Balaban J connectivity index is 1.95. The lowest BCUT2D eigenvalue weighted by Crippen LogP contribution is -2.36. The molecule has 0 radical (unpaired) electrons. The van der Waals surface area contributed by atoms with Crippen LogP contribution in [-0.4, -0.2) is 43.4 Å². The first kappa shape index (κ1) is 17.8. The molecule has 2 aromatic rings. The molecule has 24 heavy (non-hydrogen) atoms. The summed E-state index contributed by atoms with van der Waals surface area (Å²) in [6.07, 6.45) is 4.66. The van der Waals surface area contributed by atoms with Crippen molar-refractivity contribution in [3.8, 4) is 0 Å². The van der Waals surface area contributed by atoms with E-state index in [9.17, 15) is 13.2 Å². The second-order valence-electron chi connectivity index (χ2n) is 5.15. The Morgan fingerprint density at radius 1 is 1.21 bits per heavy atom. The van der Waals surface area contributed by atoms with Crippen LogP contribution in [0, 0.1) is 6.92 Å². The Labute approximate surface area is 141 Å². The minimum absolute atomic E-state index is 0.142. The molecule has 0 aliphatic carbocycles. The smallest absolute Gasteiger partial charge is 0.255 e. The van der Waals surface area contributed by atoms with Crippen LogP contribution in [0.1, 0.15) is 11.1 Å². The van der Waals surface area contributed by atoms with Gasteiger partial charge in [-0.05, 0) is 36.8 Å². The summed E-state index contributed by atoms with van der Waals surface area (Å²) in [5, 5.41) is 3.79. The number of carbonyl (C=O) groups excluding carboxylic acids is 1. The van der Waals surface area contributed by atoms with Gasteiger partial charge in [-0.15, -0.1) is 0 Å². The van der Waals surface area contributed by atoms with Crippen molar-refractivity contribution >= 4 is 22.1 Å². The van der Waals surface area contributed by atoms with E-state index in [0.717, 1.165) is 15.4 Å². The summed E-state index contributed by atoms with van der Waals surface area (Å²) in [5.41, 5.74) is 4.03. The van der Waals surface area contributed by atoms with E-state index >= 15 is 0 Å². The standard InChI is InChI=1S/C16H18N4O3S/c1-13-3-5-15(6-4-13)24(22,23)20(2)12-16(21)19-18-11-14-7-9-17-10-8-14/h3-11H,12H2,1-2H3,(H,19,21)/b18-11-. The van der Waals surface area contributed by atoms with E-state index in [4.69, 9.17) is 0 Å². The fraction of sp³-hybridized carbons (Fsp3) is 0.188. The number of amides is 1. The van der Waals surface area contributed by atoms with Gasteiger partial charge in [0, 0.05) is 19.4 Å². The van der Waals surface area contributed by atoms with E-state index in [1.807, 2.05) is 6.92 Å². The highest BCUT2D eigenvalue weighted by atomic mass is 32.2. The Kier molecular flexibility index (Phi) is 5.78. The van der Waals surface area contributed by atoms with E-state index < -0.39 is 15.9 Å². The third-order valence-corrected chi connectivity index (χ3v) is 5.02. The maximum atomic E-state index is 12.4. The van der Waals surface area contributed by atoms with Crippen LogP contribution >= 0.6 is 0 Å². The lowest BCUT2D eigenvalue weighted by molar-refractivity contribution is -0.121. The molecule has 1 amide bonds. The molecule has 0 fully saturated rings. The number of aryl methyl sites for hydroxylation is 1. The molecule has 2 rings (SSSR count). The fourth-order valence-electron chi connectivity index (χ4n) is 1.84. The van der Waals surface area contributed by atoms with Crippen LogP contribution in [0.25, 0.3) is 0 Å². The molecule has 7 nitrogen and oxygen atoms in total. The fourth-order valence-corrected chi connectivity index (χ4v) is 2.97. The summed E-state index contributed by atoms with van der Waals surface area (Å²) in [6.45, 7) is 1.54. The number of nitrogens with zero attached hydrogens (tertiary/aromatic N) is 3. The van der Waals surface area contributed by atoms with E-state index in [0.29, 0.717) is 0 Å². The largest absolute Gasteiger partial charge is 0.272 e. The van der Waals surface area contributed by atoms with Crippen molar-refractivity contribution in [3.05, 3.63) is 59.9 Å². The van der Waals surface area contributed by atoms with Gasteiger partial charge in [-0.2, -0.15) is 9.41 Å². The van der Waals surface area contributed by atoms with Crippen molar-refractivity contribution < 1.29 is 13.2 Å². The minimum Gasteiger partial charge on any atom is -0.272 e. The van der Waals surface area contributed by atoms with Gasteiger partial charge in [0.2, 0.25) is 10.0 Å². The molecule has 1 aromatic carbocycles. The Morgan fingerprint density at radius 3 is 2.46 bits per heavy atom. The number of carbonyl (C=O) groups is 1. The van der Waals surface area contributed by atoms with E-state index in [-0.39, 0.29) is 11.4 Å². The van der Waals surface area contributed by atoms with Gasteiger partial charge in [0.25, 0.3) is 5.91 Å². The van der Waals surface area contributed by atoms with Crippen molar-refractivity contribution in [2.75, 3.05) is 13.6 Å². The topological polar surface area (TPSA) is 91.7 Å². The molecule has 0 atom stereocenters. The molecule has 0 spiro atoms. The van der Waals surface area contributed by atoms with Crippen LogP contribution in [0.5, 0.6) is 0 Å². The van der Waals surface area contributed by atoms with Gasteiger partial charge >= 0.3 is 0 Å². The molecule has 0 saturated carbocycles. The normalized spacial score (nSPS) is 11.8. The molecule has 126 valence electrons. The first-order valence-electron chi connectivity index (χ1n) is 7.14. The Morgan fingerprint density at radius 2 is 1.83 bits per heavy atom. The number of hydrazone groups is 1. The number of benzene rings is 1. The van der Waals surface area contributed by atoms with Gasteiger partial charge in [-0.25, -0.2) is 13.8 Å². The molecule has 0 aliphatic rings. The highest BCUT2D eigenvalue weighted by molar-refractivity contribution is 7.89. The molecule has 0 saturated heterocycles. The third kappa shape index (κ3) is 4.71. The van der Waals surface area contributed by atoms with Gasteiger partial charge in [-0.1, -0.05) is 17.7 Å². The first-order chi connectivity index (χ1) is 11.4. The third-order valence-electron chi connectivity index (χ3n) is 3.20. The van der Waals surface area contributed by atoms with Crippen LogP contribution in [-0.2, 0) is 14.8 Å². The number of pyridine rings is 1. The number of nitrogens with one attached hydrogen (secondary N) is 1. The summed E-state index contributed by atoms with van der Waals surface area (Å²) in [7, 11) is -2.37. The van der Waals surface area contributed by atoms with Crippen LogP contribution in [0.2, 0.25) is 0 Å². The maximum Gasteiger partial charge on any atom is 0.255 e. The number of hydrogen-bond donors (Lipinski definition) is 1. The van der Waals surface area contributed by atoms with Gasteiger partial charge < -0.3 is 0 Å². The quantitative estimate of drug-likeness (QED) is 0.628. The molecular weight excluding hydrogens is 328 g/mol. The number of hydrogen-bond acceptors (Lipinski definition) is 5. The molecule has 0 bridgehead atoms. The second-order valence-corrected chi connectivity index (χ2v) is 7.19. The zero-order valence-corrected chi connectivity index (χ0v) is 14.2. The molecule has 1 heterocycles. The minimum atomic E-state index is -3.72. The van der Waals surface area contributed by atoms with Crippen molar-refractivity contribution in [1.82, 2.24) is 14.7 Å². The second kappa shape index (κ2) is 7.80. The van der Waals surface area contributed by atoms with Crippen molar-refractivity contribution in [2.45, 2.75) is 11.8 Å². The number of sulfonamides is 1. The summed E-state index contributed by atoms with van der Waals surface area (Å²) < 4.78 is 25.7. The van der Waals surface area contributed by atoms with E-state index in [1.165, 1.54) is 25.4 Å². The summed E-state index contributed by atoms with van der Waals surface area (Å²) in [4.78, 5) is 15.8. The van der Waals surface area contributed by atoms with Gasteiger partial charge in [0.15, 0.2) is 0 Å². The molecule has 0 unspecified atom stereocenters. The highest BCUT2D eigenvalue weighted by Gasteiger charge is 2.22. The van der Waals surface area contributed by atoms with Gasteiger partial charge in [-0.3, -0.25) is 9.78 Å². The maximum absolute atomic E-state index is 12.4. The number of aromatic nitrogens is 1. The lowest BCUT2D eigenvalue weighted by Gasteiger charge is -2.16. The molecule has 1 aromatic heterocycles. The summed E-state index contributed by atoms with van der Waals surface area (Å²) >= 11 is 0. The Hall–Kier alpha value is -2.58. The predicted octanol–water partition coefficient (Wildman–Crippen LogP) is 1.16. The molecule has 0 aliphatic heterocycles. The SMILES string of the molecule is Cc1ccc(S(=O)(=O)N(C)CC(=O)N/N=C\c2ccncc2)cc1. The zero-order valence-electron chi connectivity index (χ0n) is 13.4. The van der Waals surface area contributed by atoms with E-state index in [1.54, 1.807) is 36.7 Å². The van der Waals surface area contributed by atoms with E-state index in [2.05, 4.69) is 15.5 Å².